The number of fused-ring (bicyclic) bond motifs is 3. The fraction of sp³-hybridized carbons (Fsp3) is 0.288. The number of benzene rings is 7. The van der Waals surface area contributed by atoms with Crippen LogP contribution in [-0.2, 0) is 10.8 Å². The highest BCUT2D eigenvalue weighted by atomic mass is 15.1. The van der Waals surface area contributed by atoms with Crippen LogP contribution in [0.3, 0.4) is 0 Å². The summed E-state index contributed by atoms with van der Waals surface area (Å²) in [5.74, 6) is 0.679. The Balaban J connectivity index is 1.11. The van der Waals surface area contributed by atoms with E-state index in [9.17, 15) is 0 Å². The smallest absolute Gasteiger partial charge is 0.0468 e. The Bertz CT molecular complexity index is 2470. The van der Waals surface area contributed by atoms with Crippen molar-refractivity contribution in [2.45, 2.75) is 109 Å². The maximum absolute atomic E-state index is 2.49. The highest BCUT2D eigenvalue weighted by molar-refractivity contribution is 5.86. The molecule has 2 aliphatic carbocycles. The summed E-state index contributed by atoms with van der Waals surface area (Å²) in [5, 5.41) is 0. The van der Waals surface area contributed by atoms with Crippen molar-refractivity contribution in [3.05, 3.63) is 204 Å². The summed E-state index contributed by atoms with van der Waals surface area (Å²) in [6.45, 7) is 9.44. The van der Waals surface area contributed by atoms with Gasteiger partial charge >= 0.3 is 0 Å². The highest BCUT2D eigenvalue weighted by Crippen LogP contribution is 2.51. The van der Waals surface area contributed by atoms with Crippen LogP contribution in [0.1, 0.15) is 126 Å². The summed E-state index contributed by atoms with van der Waals surface area (Å²) >= 11 is 0. The monoisotopic (exact) mass is 798 g/mol. The normalized spacial score (nSPS) is 15.4. The Morgan fingerprint density at radius 1 is 0.475 bits per heavy atom. The molecular formula is C59H62N2. The first-order valence-corrected chi connectivity index (χ1v) is 23.2. The zero-order valence-corrected chi connectivity index (χ0v) is 36.8. The fourth-order valence-electron chi connectivity index (χ4n) is 10.8. The van der Waals surface area contributed by atoms with E-state index in [-0.39, 0.29) is 10.8 Å². The van der Waals surface area contributed by atoms with Gasteiger partial charge in [0.2, 0.25) is 0 Å². The van der Waals surface area contributed by atoms with Gasteiger partial charge < -0.3 is 9.80 Å². The van der Waals surface area contributed by atoms with Crippen molar-refractivity contribution in [2.24, 2.45) is 0 Å². The SMILES string of the molecule is CCCCCC(CC)(c1ccc(N(c2ccccc2)c2ccccc2)cc1)c1ccc(N(c2ccc(C3CCCCC3)cc2)c2ccc3c(c2)-c2ccccc2C3(C)C)cc1. The summed E-state index contributed by atoms with van der Waals surface area (Å²) in [4.78, 5) is 4.85. The molecule has 0 radical (unpaired) electrons. The molecule has 0 amide bonds. The van der Waals surface area contributed by atoms with Gasteiger partial charge in [0.25, 0.3) is 0 Å². The molecule has 0 heterocycles. The molecule has 2 nitrogen and oxygen atoms in total. The molecule has 1 unspecified atom stereocenters. The van der Waals surface area contributed by atoms with Crippen molar-refractivity contribution in [1.82, 2.24) is 0 Å². The Labute approximate surface area is 365 Å². The van der Waals surface area contributed by atoms with Gasteiger partial charge in [0.05, 0.1) is 0 Å². The molecule has 0 aliphatic heterocycles. The zero-order chi connectivity index (χ0) is 41.8. The summed E-state index contributed by atoms with van der Waals surface area (Å²) in [6.07, 6.45) is 12.5. The van der Waals surface area contributed by atoms with Crippen LogP contribution in [0, 0.1) is 0 Å². The second-order valence-corrected chi connectivity index (χ2v) is 18.2. The topological polar surface area (TPSA) is 6.48 Å². The molecule has 2 heteroatoms. The van der Waals surface area contributed by atoms with Crippen LogP contribution < -0.4 is 9.80 Å². The average Bonchev–Trinajstić information content (AvgIpc) is 3.55. The Morgan fingerprint density at radius 3 is 1.51 bits per heavy atom. The van der Waals surface area contributed by atoms with E-state index in [4.69, 9.17) is 0 Å². The minimum atomic E-state index is -0.105. The van der Waals surface area contributed by atoms with Crippen LogP contribution in [0.15, 0.2) is 176 Å². The predicted molar refractivity (Wildman–Crippen MR) is 261 cm³/mol. The van der Waals surface area contributed by atoms with E-state index in [1.54, 1.807) is 0 Å². The van der Waals surface area contributed by atoms with Gasteiger partial charge in [-0.3, -0.25) is 0 Å². The third kappa shape index (κ3) is 7.83. The Hall–Kier alpha value is -5.86. The van der Waals surface area contributed by atoms with Crippen molar-refractivity contribution in [3.8, 4) is 11.1 Å². The lowest BCUT2D eigenvalue weighted by molar-refractivity contribution is 0.431. The standard InChI is InChI=1S/C59H62N2/c1-5-7-19-42-59(6-2,46-30-36-51(37-31-46)60(48-22-13-9-14-23-48)49-24-15-10-16-25-49)47-32-38-52(39-33-47)61(50-34-28-45(29-35-50)44-20-11-8-12-21-44)53-40-41-57-55(43-53)54-26-17-18-27-56(54)58(57,3)4/h9-10,13-18,22-41,43-44H,5-8,11-12,19-21,42H2,1-4H3. The predicted octanol–water partition coefficient (Wildman–Crippen LogP) is 17.3. The molecule has 61 heavy (non-hydrogen) atoms. The molecule has 0 spiro atoms. The van der Waals surface area contributed by atoms with Gasteiger partial charge in [-0.15, -0.1) is 0 Å². The molecule has 0 N–H and O–H groups in total. The lowest BCUT2D eigenvalue weighted by Gasteiger charge is -2.36. The maximum atomic E-state index is 2.49. The second kappa shape index (κ2) is 17.6. The number of nitrogens with zero attached hydrogens (tertiary/aromatic N) is 2. The first-order valence-electron chi connectivity index (χ1n) is 23.2. The number of hydrogen-bond acceptors (Lipinski definition) is 2. The summed E-state index contributed by atoms with van der Waals surface area (Å²) in [7, 11) is 0. The Morgan fingerprint density at radius 2 is 0.951 bits per heavy atom. The molecule has 0 saturated heterocycles. The molecule has 2 aliphatic rings. The van der Waals surface area contributed by atoms with Gasteiger partial charge in [-0.05, 0) is 143 Å². The minimum absolute atomic E-state index is 0.0284. The molecule has 0 bridgehead atoms. The van der Waals surface area contributed by atoms with E-state index in [1.807, 2.05) is 0 Å². The molecule has 1 atom stereocenters. The molecule has 1 saturated carbocycles. The number of hydrogen-bond donors (Lipinski definition) is 0. The molecule has 7 aromatic carbocycles. The van der Waals surface area contributed by atoms with Gasteiger partial charge in [0.1, 0.15) is 0 Å². The quantitative estimate of drug-likeness (QED) is 0.101. The van der Waals surface area contributed by atoms with Crippen LogP contribution in [-0.4, -0.2) is 0 Å². The van der Waals surface area contributed by atoms with E-state index in [1.165, 1.54) is 113 Å². The van der Waals surface area contributed by atoms with Gasteiger partial charge in [-0.1, -0.05) is 169 Å². The van der Waals surface area contributed by atoms with E-state index >= 15 is 0 Å². The van der Waals surface area contributed by atoms with Gasteiger partial charge in [0, 0.05) is 45.0 Å². The van der Waals surface area contributed by atoms with Crippen molar-refractivity contribution in [1.29, 1.82) is 0 Å². The van der Waals surface area contributed by atoms with Gasteiger partial charge in [-0.25, -0.2) is 0 Å². The number of unbranched alkanes of at least 4 members (excludes halogenated alkanes) is 2. The average molecular weight is 799 g/mol. The van der Waals surface area contributed by atoms with Gasteiger partial charge in [-0.2, -0.15) is 0 Å². The molecular weight excluding hydrogens is 737 g/mol. The second-order valence-electron chi connectivity index (χ2n) is 18.2. The zero-order valence-electron chi connectivity index (χ0n) is 36.8. The van der Waals surface area contributed by atoms with E-state index in [2.05, 4.69) is 213 Å². The minimum Gasteiger partial charge on any atom is -0.311 e. The van der Waals surface area contributed by atoms with Crippen molar-refractivity contribution >= 4 is 34.1 Å². The van der Waals surface area contributed by atoms with Gasteiger partial charge in [0.15, 0.2) is 0 Å². The van der Waals surface area contributed by atoms with Crippen LogP contribution in [0.4, 0.5) is 34.1 Å². The van der Waals surface area contributed by atoms with Crippen molar-refractivity contribution < 1.29 is 0 Å². The molecule has 1 fully saturated rings. The largest absolute Gasteiger partial charge is 0.311 e. The molecule has 308 valence electrons. The van der Waals surface area contributed by atoms with Crippen molar-refractivity contribution in [3.63, 3.8) is 0 Å². The van der Waals surface area contributed by atoms with E-state index in [0.717, 1.165) is 24.2 Å². The third-order valence-electron chi connectivity index (χ3n) is 14.2. The Kier molecular flexibility index (Phi) is 11.7. The van der Waals surface area contributed by atoms with E-state index in [0.29, 0.717) is 5.92 Å². The van der Waals surface area contributed by atoms with Crippen LogP contribution in [0.5, 0.6) is 0 Å². The van der Waals surface area contributed by atoms with Crippen molar-refractivity contribution in [2.75, 3.05) is 9.80 Å². The number of anilines is 6. The maximum Gasteiger partial charge on any atom is 0.0468 e. The van der Waals surface area contributed by atoms with E-state index < -0.39 is 0 Å². The summed E-state index contributed by atoms with van der Waals surface area (Å²) < 4.78 is 0. The lowest BCUT2D eigenvalue weighted by Crippen LogP contribution is -2.27. The highest BCUT2D eigenvalue weighted by Gasteiger charge is 2.36. The number of rotatable bonds is 14. The lowest BCUT2D eigenvalue weighted by atomic mass is 9.69. The first-order chi connectivity index (χ1) is 29.9. The number of para-hydroxylation sites is 2. The first kappa shape index (κ1) is 40.5. The third-order valence-corrected chi connectivity index (χ3v) is 14.2. The molecule has 7 aromatic rings. The van der Waals surface area contributed by atoms with Crippen LogP contribution >= 0.6 is 0 Å². The fourth-order valence-corrected chi connectivity index (χ4v) is 10.8. The van der Waals surface area contributed by atoms with Crippen LogP contribution in [0.25, 0.3) is 11.1 Å². The summed E-state index contributed by atoms with van der Waals surface area (Å²) in [6, 6.07) is 66.3. The molecule has 9 rings (SSSR count). The van der Waals surface area contributed by atoms with Crippen LogP contribution in [0.2, 0.25) is 0 Å². The summed E-state index contributed by atoms with van der Waals surface area (Å²) in [5.41, 5.74) is 16.7. The molecule has 0 aromatic heterocycles.